The highest BCUT2D eigenvalue weighted by molar-refractivity contribution is 7.92. The number of nitrogens with one attached hydrogen (secondary N) is 3. The van der Waals surface area contributed by atoms with Crippen LogP contribution >= 0.6 is 0 Å². The number of rotatable bonds is 6. The van der Waals surface area contributed by atoms with E-state index in [1.807, 2.05) is 0 Å². The summed E-state index contributed by atoms with van der Waals surface area (Å²) in [6.07, 6.45) is 0.402. The van der Waals surface area contributed by atoms with Gasteiger partial charge in [0.15, 0.2) is 0 Å². The lowest BCUT2D eigenvalue weighted by Gasteiger charge is -2.29. The van der Waals surface area contributed by atoms with Gasteiger partial charge in [-0.3, -0.25) is 29.2 Å². The zero-order valence-electron chi connectivity index (χ0n) is 18.6. The van der Waals surface area contributed by atoms with Crippen molar-refractivity contribution in [2.45, 2.75) is 44.2 Å². The molecule has 10 nitrogen and oxygen atoms in total. The molecule has 1 fully saturated rings. The van der Waals surface area contributed by atoms with Crippen LogP contribution in [0.5, 0.6) is 0 Å². The van der Waals surface area contributed by atoms with E-state index in [0.717, 1.165) is 0 Å². The Morgan fingerprint density at radius 1 is 1.06 bits per heavy atom. The highest BCUT2D eigenvalue weighted by Gasteiger charge is 2.39. The Morgan fingerprint density at radius 3 is 2.38 bits per heavy atom. The first-order chi connectivity index (χ1) is 16.0. The van der Waals surface area contributed by atoms with Crippen molar-refractivity contribution in [2.24, 2.45) is 5.92 Å². The zero-order valence-corrected chi connectivity index (χ0v) is 19.4. The Hall–Kier alpha value is -3.73. The van der Waals surface area contributed by atoms with Crippen molar-refractivity contribution in [3.63, 3.8) is 0 Å². The average molecular weight is 485 g/mol. The van der Waals surface area contributed by atoms with E-state index in [0.29, 0.717) is 16.8 Å². The zero-order chi connectivity index (χ0) is 24.6. The van der Waals surface area contributed by atoms with Gasteiger partial charge >= 0.3 is 0 Å². The third-order valence-corrected chi connectivity index (χ3v) is 7.13. The van der Waals surface area contributed by atoms with E-state index in [1.54, 1.807) is 19.9 Å². The summed E-state index contributed by atoms with van der Waals surface area (Å²) in [7, 11) is -3.92. The lowest BCUT2D eigenvalue weighted by Crippen LogP contribution is -2.52. The van der Waals surface area contributed by atoms with Crippen LogP contribution in [-0.2, 0) is 31.0 Å². The Labute approximate surface area is 196 Å². The van der Waals surface area contributed by atoms with Gasteiger partial charge in [0.2, 0.25) is 17.7 Å². The van der Waals surface area contributed by atoms with Gasteiger partial charge in [-0.05, 0) is 54.4 Å². The van der Waals surface area contributed by atoms with Crippen molar-refractivity contribution in [1.29, 1.82) is 0 Å². The van der Waals surface area contributed by atoms with Gasteiger partial charge in [-0.2, -0.15) is 0 Å². The molecule has 34 heavy (non-hydrogen) atoms. The third-order valence-electron chi connectivity index (χ3n) is 5.73. The number of piperidine rings is 1. The Bertz CT molecular complexity index is 1290. The molecule has 2 aliphatic rings. The fourth-order valence-corrected chi connectivity index (χ4v) is 4.91. The number of carbonyl (C=O) groups is 4. The van der Waals surface area contributed by atoms with E-state index in [4.69, 9.17) is 0 Å². The minimum Gasteiger partial charge on any atom is -0.326 e. The average Bonchev–Trinajstić information content (AvgIpc) is 3.09. The number of fused-ring (bicyclic) bond motifs is 1. The van der Waals surface area contributed by atoms with Gasteiger partial charge in [0, 0.05) is 35.8 Å². The molecule has 0 aromatic heterocycles. The minimum absolute atomic E-state index is 0.0109. The predicted molar refractivity (Wildman–Crippen MR) is 123 cm³/mol. The second kappa shape index (κ2) is 8.90. The van der Waals surface area contributed by atoms with Gasteiger partial charge in [0.1, 0.15) is 6.04 Å². The van der Waals surface area contributed by atoms with Crippen molar-refractivity contribution in [3.8, 4) is 0 Å². The summed E-state index contributed by atoms with van der Waals surface area (Å²) >= 11 is 0. The lowest BCUT2D eigenvalue weighted by atomic mass is 10.0. The molecule has 2 heterocycles. The first-order valence-corrected chi connectivity index (χ1v) is 12.2. The van der Waals surface area contributed by atoms with Crippen LogP contribution in [0.2, 0.25) is 0 Å². The monoisotopic (exact) mass is 484 g/mol. The first-order valence-electron chi connectivity index (χ1n) is 10.8. The van der Waals surface area contributed by atoms with Crippen LogP contribution in [0.1, 0.15) is 42.6 Å². The van der Waals surface area contributed by atoms with Gasteiger partial charge < -0.3 is 10.2 Å². The molecule has 4 amide bonds. The number of hydrogen-bond donors (Lipinski definition) is 3. The molecule has 1 atom stereocenters. The van der Waals surface area contributed by atoms with Gasteiger partial charge in [0.25, 0.3) is 15.9 Å². The van der Waals surface area contributed by atoms with Gasteiger partial charge in [-0.15, -0.1) is 0 Å². The normalized spacial score (nSPS) is 18.0. The van der Waals surface area contributed by atoms with Crippen molar-refractivity contribution >= 4 is 45.0 Å². The van der Waals surface area contributed by atoms with Crippen molar-refractivity contribution in [1.82, 2.24) is 10.2 Å². The maximum absolute atomic E-state index is 12.8. The molecule has 0 aliphatic carbocycles. The maximum atomic E-state index is 12.8. The molecule has 4 rings (SSSR count). The summed E-state index contributed by atoms with van der Waals surface area (Å²) in [4.78, 5) is 49.6. The molecule has 11 heteroatoms. The molecule has 0 bridgehead atoms. The van der Waals surface area contributed by atoms with Crippen LogP contribution in [0.4, 0.5) is 11.4 Å². The standard InChI is InChI=1S/C23H24N4O6S/c1-13(2)21(29)24-15-3-6-17(7-4-15)34(32,33)26-16-5-8-18-14(11-16)12-27(23(18)31)19-9-10-20(28)25-22(19)30/h3-8,11,13,19,26H,9-10,12H2,1-2H3,(H,24,29)(H,25,28,30). The summed E-state index contributed by atoms with van der Waals surface area (Å²) < 4.78 is 28.2. The summed E-state index contributed by atoms with van der Waals surface area (Å²) in [5.74, 6) is -1.59. The highest BCUT2D eigenvalue weighted by Crippen LogP contribution is 2.30. The fourth-order valence-electron chi connectivity index (χ4n) is 3.86. The highest BCUT2D eigenvalue weighted by atomic mass is 32.2. The SMILES string of the molecule is CC(C)C(=O)Nc1ccc(S(=O)(=O)Nc2ccc3c(c2)CN(C2CCC(=O)NC2=O)C3=O)cc1. The number of imide groups is 1. The van der Waals surface area contributed by atoms with E-state index in [1.165, 1.54) is 41.3 Å². The van der Waals surface area contributed by atoms with E-state index in [-0.39, 0.29) is 53.6 Å². The molecule has 1 unspecified atom stereocenters. The van der Waals surface area contributed by atoms with Crippen molar-refractivity contribution in [2.75, 3.05) is 10.0 Å². The predicted octanol–water partition coefficient (Wildman–Crippen LogP) is 1.84. The molecule has 2 aliphatic heterocycles. The number of nitrogens with zero attached hydrogens (tertiary/aromatic N) is 1. The Balaban J connectivity index is 1.48. The van der Waals surface area contributed by atoms with Crippen LogP contribution in [0.3, 0.4) is 0 Å². The molecule has 3 N–H and O–H groups in total. The molecular weight excluding hydrogens is 460 g/mol. The van der Waals surface area contributed by atoms with E-state index >= 15 is 0 Å². The van der Waals surface area contributed by atoms with Crippen molar-refractivity contribution in [3.05, 3.63) is 53.6 Å². The number of benzene rings is 2. The van der Waals surface area contributed by atoms with Crippen molar-refractivity contribution < 1.29 is 27.6 Å². The molecule has 1 saturated heterocycles. The van der Waals surface area contributed by atoms with Crippen LogP contribution < -0.4 is 15.4 Å². The molecule has 0 spiro atoms. The summed E-state index contributed by atoms with van der Waals surface area (Å²) in [6, 6.07) is 9.62. The summed E-state index contributed by atoms with van der Waals surface area (Å²) in [5, 5.41) is 4.95. The second-order valence-corrected chi connectivity index (χ2v) is 10.2. The van der Waals surface area contributed by atoms with E-state index in [2.05, 4.69) is 15.4 Å². The Kier molecular flexibility index (Phi) is 6.13. The number of anilines is 2. The quantitative estimate of drug-likeness (QED) is 0.534. The van der Waals surface area contributed by atoms with Crippen LogP contribution in [0.25, 0.3) is 0 Å². The molecule has 2 aromatic carbocycles. The van der Waals surface area contributed by atoms with Gasteiger partial charge in [0.05, 0.1) is 4.90 Å². The molecule has 2 aromatic rings. The third kappa shape index (κ3) is 4.65. The topological polar surface area (TPSA) is 142 Å². The number of sulfonamides is 1. The van der Waals surface area contributed by atoms with E-state index in [9.17, 15) is 27.6 Å². The second-order valence-electron chi connectivity index (χ2n) is 8.55. The number of hydrogen-bond acceptors (Lipinski definition) is 6. The smallest absolute Gasteiger partial charge is 0.261 e. The van der Waals surface area contributed by atoms with Crippen LogP contribution in [0.15, 0.2) is 47.4 Å². The van der Waals surface area contributed by atoms with E-state index < -0.39 is 22.0 Å². The molecular formula is C23H24N4O6S. The Morgan fingerprint density at radius 2 is 1.74 bits per heavy atom. The number of amides is 4. The minimum atomic E-state index is -3.92. The first kappa shape index (κ1) is 23.4. The molecule has 178 valence electrons. The van der Waals surface area contributed by atoms with Gasteiger partial charge in [-0.1, -0.05) is 13.8 Å². The van der Waals surface area contributed by atoms with Crippen LogP contribution in [0, 0.1) is 5.92 Å². The number of carbonyl (C=O) groups excluding carboxylic acids is 4. The lowest BCUT2D eigenvalue weighted by molar-refractivity contribution is -0.137. The fraction of sp³-hybridized carbons (Fsp3) is 0.304. The van der Waals surface area contributed by atoms with Gasteiger partial charge in [-0.25, -0.2) is 8.42 Å². The maximum Gasteiger partial charge on any atom is 0.261 e. The summed E-state index contributed by atoms with van der Waals surface area (Å²) in [6.45, 7) is 3.65. The molecule has 0 saturated carbocycles. The summed E-state index contributed by atoms with van der Waals surface area (Å²) in [5.41, 5.74) is 1.73. The molecule has 0 radical (unpaired) electrons. The largest absolute Gasteiger partial charge is 0.326 e. The van der Waals surface area contributed by atoms with Crippen LogP contribution in [-0.4, -0.2) is 43.0 Å².